The molecule has 1 saturated heterocycles. The standard InChI is InChI=1S/C16H23N5O2S/c1-10(2)12-8-13(22)17-15-18-19-16(21(12)15)24-9-14(23)20-6-4-11(3)5-7-20/h8,10-11H,4-7,9H2,1-3H3,(H,17,18,22). The summed E-state index contributed by atoms with van der Waals surface area (Å²) in [5, 5.41) is 8.82. The Balaban J connectivity index is 1.76. The Bertz CT molecular complexity index is 789. The molecule has 8 heteroatoms. The number of rotatable bonds is 4. The number of aromatic amines is 1. The van der Waals surface area contributed by atoms with E-state index in [2.05, 4.69) is 22.1 Å². The van der Waals surface area contributed by atoms with Crippen molar-refractivity contribution in [2.45, 2.75) is 44.7 Å². The molecule has 1 N–H and O–H groups in total. The van der Waals surface area contributed by atoms with Gasteiger partial charge in [0.15, 0.2) is 5.16 Å². The maximum absolute atomic E-state index is 12.4. The molecule has 0 bridgehead atoms. The number of hydrogen-bond acceptors (Lipinski definition) is 5. The van der Waals surface area contributed by atoms with Crippen molar-refractivity contribution in [1.82, 2.24) is 24.5 Å². The quantitative estimate of drug-likeness (QED) is 0.852. The van der Waals surface area contributed by atoms with Crippen molar-refractivity contribution < 1.29 is 4.79 Å². The molecule has 1 fully saturated rings. The number of carbonyl (C=O) groups excluding carboxylic acids is 1. The van der Waals surface area contributed by atoms with Crippen molar-refractivity contribution in [3.63, 3.8) is 0 Å². The first-order chi connectivity index (χ1) is 11.5. The van der Waals surface area contributed by atoms with Gasteiger partial charge in [-0.05, 0) is 24.7 Å². The Morgan fingerprint density at radius 2 is 2.08 bits per heavy atom. The summed E-state index contributed by atoms with van der Waals surface area (Å²) >= 11 is 1.37. The second-order valence-electron chi connectivity index (χ2n) is 6.71. The van der Waals surface area contributed by atoms with Crippen molar-refractivity contribution in [2.24, 2.45) is 5.92 Å². The van der Waals surface area contributed by atoms with Crippen LogP contribution in [0.5, 0.6) is 0 Å². The van der Waals surface area contributed by atoms with Crippen LogP contribution in [0.15, 0.2) is 16.0 Å². The summed E-state index contributed by atoms with van der Waals surface area (Å²) in [7, 11) is 0. The molecule has 24 heavy (non-hydrogen) atoms. The predicted molar refractivity (Wildman–Crippen MR) is 93.4 cm³/mol. The minimum atomic E-state index is -0.186. The Hall–Kier alpha value is -1.83. The lowest BCUT2D eigenvalue weighted by Crippen LogP contribution is -2.38. The minimum absolute atomic E-state index is 0.138. The summed E-state index contributed by atoms with van der Waals surface area (Å²) in [5.41, 5.74) is 0.661. The van der Waals surface area contributed by atoms with Crippen LogP contribution in [0.2, 0.25) is 0 Å². The summed E-state index contributed by atoms with van der Waals surface area (Å²) in [5.74, 6) is 1.76. The Morgan fingerprint density at radius 1 is 1.38 bits per heavy atom. The molecule has 3 heterocycles. The van der Waals surface area contributed by atoms with Crippen LogP contribution in [-0.4, -0.2) is 49.2 Å². The molecule has 2 aromatic rings. The summed E-state index contributed by atoms with van der Waals surface area (Å²) in [6.45, 7) is 7.94. The summed E-state index contributed by atoms with van der Waals surface area (Å²) in [4.78, 5) is 28.7. The zero-order valence-electron chi connectivity index (χ0n) is 14.3. The van der Waals surface area contributed by atoms with E-state index < -0.39 is 0 Å². The maximum Gasteiger partial charge on any atom is 0.252 e. The van der Waals surface area contributed by atoms with E-state index in [9.17, 15) is 9.59 Å². The zero-order chi connectivity index (χ0) is 17.3. The second-order valence-corrected chi connectivity index (χ2v) is 7.65. The normalized spacial score (nSPS) is 16.2. The third kappa shape index (κ3) is 3.48. The van der Waals surface area contributed by atoms with Crippen molar-refractivity contribution in [3.05, 3.63) is 22.1 Å². The maximum atomic E-state index is 12.4. The second kappa shape index (κ2) is 6.96. The summed E-state index contributed by atoms with van der Waals surface area (Å²) < 4.78 is 1.84. The largest absolute Gasteiger partial charge is 0.342 e. The molecule has 0 aliphatic carbocycles. The van der Waals surface area contributed by atoms with Gasteiger partial charge in [0.2, 0.25) is 11.7 Å². The van der Waals surface area contributed by atoms with Gasteiger partial charge in [-0.1, -0.05) is 32.5 Å². The first-order valence-corrected chi connectivity index (χ1v) is 9.33. The Labute approximate surface area is 144 Å². The van der Waals surface area contributed by atoms with Crippen LogP contribution in [0.3, 0.4) is 0 Å². The number of amides is 1. The third-order valence-electron chi connectivity index (χ3n) is 4.46. The highest BCUT2D eigenvalue weighted by Crippen LogP contribution is 2.23. The minimum Gasteiger partial charge on any atom is -0.342 e. The number of piperidine rings is 1. The van der Waals surface area contributed by atoms with E-state index in [0.29, 0.717) is 22.6 Å². The first-order valence-electron chi connectivity index (χ1n) is 8.34. The predicted octanol–water partition coefficient (Wildman–Crippen LogP) is 1.89. The SMILES string of the molecule is CC1CCN(C(=O)CSc2nnc3[nH]c(=O)cc(C(C)C)n23)CC1. The van der Waals surface area contributed by atoms with Crippen molar-refractivity contribution in [2.75, 3.05) is 18.8 Å². The molecule has 0 aromatic carbocycles. The van der Waals surface area contributed by atoms with Gasteiger partial charge in [-0.25, -0.2) is 0 Å². The molecule has 0 spiro atoms. The highest BCUT2D eigenvalue weighted by molar-refractivity contribution is 7.99. The molecule has 3 rings (SSSR count). The number of carbonyl (C=O) groups is 1. The van der Waals surface area contributed by atoms with Crippen LogP contribution in [0.1, 0.15) is 45.2 Å². The Morgan fingerprint density at radius 3 is 2.75 bits per heavy atom. The van der Waals surface area contributed by atoms with Crippen molar-refractivity contribution in [1.29, 1.82) is 0 Å². The van der Waals surface area contributed by atoms with Gasteiger partial charge >= 0.3 is 0 Å². The Kier molecular flexibility index (Phi) is 4.93. The lowest BCUT2D eigenvalue weighted by Gasteiger charge is -2.30. The molecular formula is C16H23N5O2S. The molecule has 7 nitrogen and oxygen atoms in total. The zero-order valence-corrected chi connectivity index (χ0v) is 15.1. The molecule has 0 atom stereocenters. The van der Waals surface area contributed by atoms with E-state index in [1.807, 2.05) is 23.1 Å². The van der Waals surface area contributed by atoms with Gasteiger partial charge in [0.25, 0.3) is 5.56 Å². The summed E-state index contributed by atoms with van der Waals surface area (Å²) in [6, 6.07) is 1.57. The van der Waals surface area contributed by atoms with Crippen molar-refractivity contribution in [3.8, 4) is 0 Å². The summed E-state index contributed by atoms with van der Waals surface area (Å²) in [6.07, 6.45) is 2.14. The smallest absolute Gasteiger partial charge is 0.252 e. The van der Waals surface area contributed by atoms with Gasteiger partial charge in [-0.15, -0.1) is 10.2 Å². The van der Waals surface area contributed by atoms with Crippen LogP contribution in [0.25, 0.3) is 5.78 Å². The molecule has 2 aromatic heterocycles. The number of hydrogen-bond donors (Lipinski definition) is 1. The molecule has 1 aliphatic rings. The van der Waals surface area contributed by atoms with Gasteiger partial charge in [-0.3, -0.25) is 19.0 Å². The third-order valence-corrected chi connectivity index (χ3v) is 5.37. The lowest BCUT2D eigenvalue weighted by atomic mass is 9.99. The molecule has 0 unspecified atom stereocenters. The van der Waals surface area contributed by atoms with Crippen LogP contribution in [0, 0.1) is 5.92 Å². The van der Waals surface area contributed by atoms with Crippen LogP contribution < -0.4 is 5.56 Å². The van der Waals surface area contributed by atoms with Gasteiger partial charge in [0.05, 0.1) is 5.75 Å². The average molecular weight is 349 g/mol. The number of aromatic nitrogens is 4. The molecule has 130 valence electrons. The molecule has 1 amide bonds. The number of thioether (sulfide) groups is 1. The topological polar surface area (TPSA) is 83.4 Å². The van der Waals surface area contributed by atoms with E-state index >= 15 is 0 Å². The van der Waals surface area contributed by atoms with Gasteiger partial charge < -0.3 is 4.90 Å². The monoisotopic (exact) mass is 349 g/mol. The number of H-pyrrole nitrogens is 1. The van der Waals surface area contributed by atoms with E-state index in [0.717, 1.165) is 31.6 Å². The number of nitrogens with zero attached hydrogens (tertiary/aromatic N) is 4. The van der Waals surface area contributed by atoms with Gasteiger partial charge in [0, 0.05) is 24.8 Å². The number of likely N-dealkylation sites (tertiary alicyclic amines) is 1. The number of nitrogens with one attached hydrogen (secondary N) is 1. The van der Waals surface area contributed by atoms with Crippen LogP contribution >= 0.6 is 11.8 Å². The molecule has 0 radical (unpaired) electrons. The fourth-order valence-electron chi connectivity index (χ4n) is 2.92. The molecular weight excluding hydrogens is 326 g/mol. The first kappa shape index (κ1) is 17.0. The highest BCUT2D eigenvalue weighted by atomic mass is 32.2. The highest BCUT2D eigenvalue weighted by Gasteiger charge is 2.21. The van der Waals surface area contributed by atoms with Crippen LogP contribution in [-0.2, 0) is 4.79 Å². The van der Waals surface area contributed by atoms with E-state index in [4.69, 9.17) is 0 Å². The molecule has 1 aliphatic heterocycles. The number of fused-ring (bicyclic) bond motifs is 1. The average Bonchev–Trinajstić information content (AvgIpc) is 2.95. The fraction of sp³-hybridized carbons (Fsp3) is 0.625. The van der Waals surface area contributed by atoms with E-state index in [1.54, 1.807) is 6.07 Å². The van der Waals surface area contributed by atoms with Crippen LogP contribution in [0.4, 0.5) is 0 Å². The molecule has 0 saturated carbocycles. The van der Waals surface area contributed by atoms with E-state index in [1.165, 1.54) is 11.8 Å². The fourth-order valence-corrected chi connectivity index (χ4v) is 3.78. The van der Waals surface area contributed by atoms with Gasteiger partial charge in [-0.2, -0.15) is 0 Å². The van der Waals surface area contributed by atoms with Gasteiger partial charge in [0.1, 0.15) is 0 Å². The lowest BCUT2D eigenvalue weighted by molar-refractivity contribution is -0.129. The van der Waals surface area contributed by atoms with E-state index in [-0.39, 0.29) is 17.4 Å². The van der Waals surface area contributed by atoms with Crippen molar-refractivity contribution >= 4 is 23.4 Å².